The van der Waals surface area contributed by atoms with Crippen LogP contribution in [0.1, 0.15) is 19.5 Å². The number of carbonyl (C=O) groups excluding carboxylic acids is 1. The molecule has 0 saturated carbocycles. The molecule has 0 fully saturated rings. The molecular formula is C9H12BrN3O. The van der Waals surface area contributed by atoms with Gasteiger partial charge in [0.15, 0.2) is 0 Å². The molecule has 1 aromatic heterocycles. The molecule has 0 spiro atoms. The Bertz CT molecular complexity index is 383. The minimum atomic E-state index is -0.190. The zero-order valence-corrected chi connectivity index (χ0v) is 9.76. The van der Waals surface area contributed by atoms with Gasteiger partial charge in [-0.2, -0.15) is 5.10 Å². The number of amides is 1. The van der Waals surface area contributed by atoms with Gasteiger partial charge in [-0.15, -0.1) is 0 Å². The van der Waals surface area contributed by atoms with Crippen LogP contribution in [0.2, 0.25) is 0 Å². The first-order chi connectivity index (χ1) is 6.46. The predicted molar refractivity (Wildman–Crippen MR) is 55.9 cm³/mol. The Labute approximate surface area is 90.8 Å². The Kier molecular flexibility index (Phi) is 2.14. The molecule has 76 valence electrons. The summed E-state index contributed by atoms with van der Waals surface area (Å²) in [4.78, 5) is 11.5. The van der Waals surface area contributed by atoms with Crippen LogP contribution in [-0.2, 0) is 17.8 Å². The molecule has 1 N–H and O–H groups in total. The van der Waals surface area contributed by atoms with Gasteiger partial charge in [-0.05, 0) is 35.8 Å². The summed E-state index contributed by atoms with van der Waals surface area (Å²) in [6.07, 6.45) is 0.803. The number of aromatic nitrogens is 2. The summed E-state index contributed by atoms with van der Waals surface area (Å²) >= 11 is 3.31. The monoisotopic (exact) mass is 257 g/mol. The van der Waals surface area contributed by atoms with Crippen molar-refractivity contribution in [1.82, 2.24) is 15.1 Å². The van der Waals surface area contributed by atoms with Crippen LogP contribution < -0.4 is 5.32 Å². The third kappa shape index (κ3) is 1.82. The molecule has 1 aliphatic heterocycles. The van der Waals surface area contributed by atoms with E-state index in [1.54, 1.807) is 4.68 Å². The minimum Gasteiger partial charge on any atom is -0.349 e. The molecular weight excluding hydrogens is 246 g/mol. The van der Waals surface area contributed by atoms with Crippen molar-refractivity contribution in [2.75, 3.05) is 0 Å². The van der Waals surface area contributed by atoms with Crippen LogP contribution in [0.15, 0.2) is 10.7 Å². The second-order valence-corrected chi connectivity index (χ2v) is 5.04. The van der Waals surface area contributed by atoms with Crippen LogP contribution in [0.25, 0.3) is 0 Å². The van der Waals surface area contributed by atoms with E-state index >= 15 is 0 Å². The Morgan fingerprint density at radius 2 is 2.36 bits per heavy atom. The zero-order valence-electron chi connectivity index (χ0n) is 8.17. The predicted octanol–water partition coefficient (Wildman–Crippen LogP) is 1.10. The van der Waals surface area contributed by atoms with Gasteiger partial charge in [-0.25, -0.2) is 0 Å². The topological polar surface area (TPSA) is 46.9 Å². The van der Waals surface area contributed by atoms with Crippen LogP contribution in [0.5, 0.6) is 0 Å². The highest BCUT2D eigenvalue weighted by Gasteiger charge is 2.27. The SMILES string of the molecule is CC1(C)Cc2cc(Br)nn2CC(=O)N1. The van der Waals surface area contributed by atoms with E-state index in [1.165, 1.54) is 0 Å². The van der Waals surface area contributed by atoms with Crippen LogP contribution in [0, 0.1) is 0 Å². The second kappa shape index (κ2) is 3.08. The largest absolute Gasteiger partial charge is 0.349 e. The van der Waals surface area contributed by atoms with Crippen molar-refractivity contribution >= 4 is 21.8 Å². The van der Waals surface area contributed by atoms with Gasteiger partial charge >= 0.3 is 0 Å². The first-order valence-corrected chi connectivity index (χ1v) is 5.29. The number of hydrogen-bond donors (Lipinski definition) is 1. The number of hydrogen-bond acceptors (Lipinski definition) is 2. The van der Waals surface area contributed by atoms with E-state index in [-0.39, 0.29) is 11.4 Å². The van der Waals surface area contributed by atoms with Gasteiger partial charge in [0.1, 0.15) is 11.1 Å². The molecule has 1 aliphatic rings. The lowest BCUT2D eigenvalue weighted by Gasteiger charge is -2.22. The molecule has 0 atom stereocenters. The highest BCUT2D eigenvalue weighted by atomic mass is 79.9. The van der Waals surface area contributed by atoms with E-state index in [1.807, 2.05) is 19.9 Å². The van der Waals surface area contributed by atoms with Crippen molar-refractivity contribution in [2.45, 2.75) is 32.4 Å². The second-order valence-electron chi connectivity index (χ2n) is 4.22. The van der Waals surface area contributed by atoms with Crippen molar-refractivity contribution in [3.05, 3.63) is 16.4 Å². The van der Waals surface area contributed by atoms with Crippen molar-refractivity contribution in [3.63, 3.8) is 0 Å². The Morgan fingerprint density at radius 3 is 3.07 bits per heavy atom. The quantitative estimate of drug-likeness (QED) is 0.757. The van der Waals surface area contributed by atoms with Crippen LogP contribution >= 0.6 is 15.9 Å². The third-order valence-electron chi connectivity index (χ3n) is 2.23. The molecule has 0 saturated heterocycles. The summed E-state index contributed by atoms with van der Waals surface area (Å²) in [6.45, 7) is 4.34. The van der Waals surface area contributed by atoms with E-state index in [2.05, 4.69) is 26.3 Å². The number of rotatable bonds is 0. The molecule has 0 bridgehead atoms. The van der Waals surface area contributed by atoms with Crippen LogP contribution in [0.3, 0.4) is 0 Å². The molecule has 2 rings (SSSR count). The number of nitrogens with zero attached hydrogens (tertiary/aromatic N) is 2. The first-order valence-electron chi connectivity index (χ1n) is 4.49. The van der Waals surface area contributed by atoms with Crippen molar-refractivity contribution in [2.24, 2.45) is 0 Å². The van der Waals surface area contributed by atoms with Gasteiger partial charge in [0.05, 0.1) is 0 Å². The molecule has 4 nitrogen and oxygen atoms in total. The zero-order chi connectivity index (χ0) is 10.3. The van der Waals surface area contributed by atoms with E-state index in [0.717, 1.165) is 16.7 Å². The van der Waals surface area contributed by atoms with E-state index in [9.17, 15) is 4.79 Å². The van der Waals surface area contributed by atoms with Crippen molar-refractivity contribution in [3.8, 4) is 0 Å². The lowest BCUT2D eigenvalue weighted by Crippen LogP contribution is -2.44. The standard InChI is InChI=1S/C9H12BrN3O/c1-9(2)4-6-3-7(10)12-13(6)5-8(14)11-9/h3H,4-5H2,1-2H3,(H,11,14). The van der Waals surface area contributed by atoms with Gasteiger partial charge < -0.3 is 5.32 Å². The summed E-state index contributed by atoms with van der Waals surface area (Å²) in [5.41, 5.74) is 0.894. The summed E-state index contributed by atoms with van der Waals surface area (Å²) < 4.78 is 2.53. The van der Waals surface area contributed by atoms with Crippen LogP contribution in [-0.4, -0.2) is 21.2 Å². The molecule has 2 heterocycles. The molecule has 1 aromatic rings. The molecule has 5 heteroatoms. The third-order valence-corrected chi connectivity index (χ3v) is 2.62. The Balaban J connectivity index is 2.41. The summed E-state index contributed by atoms with van der Waals surface area (Å²) in [6, 6.07) is 1.96. The molecule has 0 radical (unpaired) electrons. The minimum absolute atomic E-state index is 0.0179. The molecule has 0 unspecified atom stereocenters. The summed E-state index contributed by atoms with van der Waals surface area (Å²) in [5.74, 6) is 0.0179. The van der Waals surface area contributed by atoms with Gasteiger partial charge in [0.25, 0.3) is 0 Å². The lowest BCUT2D eigenvalue weighted by molar-refractivity contribution is -0.122. The van der Waals surface area contributed by atoms with Gasteiger partial charge in [-0.3, -0.25) is 9.48 Å². The van der Waals surface area contributed by atoms with Crippen molar-refractivity contribution < 1.29 is 4.79 Å². The molecule has 14 heavy (non-hydrogen) atoms. The fourth-order valence-corrected chi connectivity index (χ4v) is 2.21. The number of carbonyl (C=O) groups is 1. The number of fused-ring (bicyclic) bond motifs is 1. The molecule has 0 aromatic carbocycles. The normalized spacial score (nSPS) is 19.8. The maximum absolute atomic E-state index is 11.5. The average Bonchev–Trinajstić information content (AvgIpc) is 2.23. The van der Waals surface area contributed by atoms with Gasteiger partial charge in [0, 0.05) is 17.7 Å². The van der Waals surface area contributed by atoms with E-state index in [4.69, 9.17) is 0 Å². The molecule has 0 aliphatic carbocycles. The maximum atomic E-state index is 11.5. The highest BCUT2D eigenvalue weighted by molar-refractivity contribution is 9.10. The highest BCUT2D eigenvalue weighted by Crippen LogP contribution is 2.19. The van der Waals surface area contributed by atoms with Gasteiger partial charge in [-0.1, -0.05) is 0 Å². The maximum Gasteiger partial charge on any atom is 0.242 e. The summed E-state index contributed by atoms with van der Waals surface area (Å²) in [5, 5.41) is 7.16. The number of nitrogens with one attached hydrogen (secondary N) is 1. The smallest absolute Gasteiger partial charge is 0.242 e. The van der Waals surface area contributed by atoms with Gasteiger partial charge in [0.2, 0.25) is 5.91 Å². The van der Waals surface area contributed by atoms with Crippen molar-refractivity contribution in [1.29, 1.82) is 0 Å². The van der Waals surface area contributed by atoms with Crippen LogP contribution in [0.4, 0.5) is 0 Å². The average molecular weight is 258 g/mol. The Hall–Kier alpha value is -0.840. The lowest BCUT2D eigenvalue weighted by atomic mass is 9.99. The summed E-state index contributed by atoms with van der Waals surface area (Å²) in [7, 11) is 0. The fourth-order valence-electron chi connectivity index (χ4n) is 1.75. The fraction of sp³-hybridized carbons (Fsp3) is 0.556. The molecule has 1 amide bonds. The Morgan fingerprint density at radius 1 is 1.64 bits per heavy atom. The van der Waals surface area contributed by atoms with E-state index in [0.29, 0.717) is 6.54 Å². The first kappa shape index (κ1) is 9.71. The number of halogens is 1. The van der Waals surface area contributed by atoms with E-state index < -0.39 is 0 Å².